The Bertz CT molecular complexity index is 1090. The molecule has 0 fully saturated rings. The van der Waals surface area contributed by atoms with Crippen LogP contribution in [0.3, 0.4) is 0 Å². The molecule has 0 saturated carbocycles. The number of nitrogens with one attached hydrogen (secondary N) is 1. The van der Waals surface area contributed by atoms with Crippen LogP contribution in [-0.2, 0) is 0 Å². The Balaban J connectivity index is 2.08. The van der Waals surface area contributed by atoms with Gasteiger partial charge >= 0.3 is 5.69 Å². The summed E-state index contributed by atoms with van der Waals surface area (Å²) in [7, 11) is 0. The van der Waals surface area contributed by atoms with Crippen LogP contribution in [0, 0.1) is 13.8 Å². The highest BCUT2D eigenvalue weighted by Gasteiger charge is 2.15. The summed E-state index contributed by atoms with van der Waals surface area (Å²) in [6.45, 7) is 5.68. The van der Waals surface area contributed by atoms with Crippen molar-refractivity contribution in [1.82, 2.24) is 9.55 Å². The monoisotopic (exact) mass is 363 g/mol. The number of aliphatic imine (C=N–C) groups is 1. The molecule has 0 radical (unpaired) electrons. The fourth-order valence-electron chi connectivity index (χ4n) is 2.98. The summed E-state index contributed by atoms with van der Waals surface area (Å²) < 4.78 is 1.08. The predicted octanol–water partition coefficient (Wildman–Crippen LogP) is 3.03. The molecule has 2 aromatic carbocycles. The second-order valence-electron chi connectivity index (χ2n) is 6.54. The molecule has 0 aliphatic heterocycles. The van der Waals surface area contributed by atoms with E-state index in [-0.39, 0.29) is 11.6 Å². The highest BCUT2D eigenvalue weighted by Crippen LogP contribution is 2.20. The molecule has 3 aromatic rings. The van der Waals surface area contributed by atoms with Gasteiger partial charge in [0.15, 0.2) is 0 Å². The van der Waals surface area contributed by atoms with E-state index in [1.165, 1.54) is 6.21 Å². The van der Waals surface area contributed by atoms with Crippen molar-refractivity contribution in [2.45, 2.75) is 26.8 Å². The zero-order chi connectivity index (χ0) is 19.6. The summed E-state index contributed by atoms with van der Waals surface area (Å²) in [6.07, 6.45) is 1.31. The molecule has 0 amide bonds. The lowest BCUT2D eigenvalue weighted by molar-refractivity contribution is 0.430. The fourth-order valence-corrected chi connectivity index (χ4v) is 2.98. The lowest BCUT2D eigenvalue weighted by atomic mass is 10.1. The van der Waals surface area contributed by atoms with Gasteiger partial charge in [-0.15, -0.1) is 0 Å². The largest absolute Gasteiger partial charge is 0.493 e. The van der Waals surface area contributed by atoms with Crippen LogP contribution in [0.1, 0.15) is 35.2 Å². The normalized spacial score (nSPS) is 12.4. The van der Waals surface area contributed by atoms with Crippen LogP contribution in [0.5, 0.6) is 5.88 Å². The van der Waals surface area contributed by atoms with E-state index in [0.717, 1.165) is 21.3 Å². The van der Waals surface area contributed by atoms with Gasteiger partial charge in [0, 0.05) is 6.21 Å². The Kier molecular flexibility index (Phi) is 5.07. The zero-order valence-electron chi connectivity index (χ0n) is 15.4. The third-order valence-corrected chi connectivity index (χ3v) is 4.29. The van der Waals surface area contributed by atoms with Gasteiger partial charge in [-0.2, -0.15) is 0 Å². The van der Waals surface area contributed by atoms with Gasteiger partial charge in [0.1, 0.15) is 5.56 Å². The summed E-state index contributed by atoms with van der Waals surface area (Å²) in [4.78, 5) is 31.1. The minimum Gasteiger partial charge on any atom is -0.493 e. The summed E-state index contributed by atoms with van der Waals surface area (Å²) in [5.74, 6) is -0.433. The number of aromatic hydroxyl groups is 1. The lowest BCUT2D eigenvalue weighted by Gasteiger charge is -2.12. The average molecular weight is 363 g/mol. The third kappa shape index (κ3) is 3.89. The first-order chi connectivity index (χ1) is 12.9. The molecule has 3 rings (SSSR count). The number of aromatic nitrogens is 2. The maximum atomic E-state index is 12.3. The number of hydrogen-bond donors (Lipinski definition) is 2. The molecule has 138 valence electrons. The first kappa shape index (κ1) is 18.4. The van der Waals surface area contributed by atoms with Crippen molar-refractivity contribution in [2.24, 2.45) is 4.99 Å². The number of nitrogens with zero attached hydrogens (tertiary/aromatic N) is 2. The Labute approximate surface area is 156 Å². The number of aromatic amines is 1. The molecule has 0 spiro atoms. The summed E-state index contributed by atoms with van der Waals surface area (Å²) >= 11 is 0. The lowest BCUT2D eigenvalue weighted by Crippen LogP contribution is -2.31. The van der Waals surface area contributed by atoms with E-state index in [9.17, 15) is 14.7 Å². The molecular formula is C21H21N3O3. The van der Waals surface area contributed by atoms with E-state index < -0.39 is 17.1 Å². The zero-order valence-corrected chi connectivity index (χ0v) is 15.4. The number of H-pyrrole nitrogens is 1. The number of rotatable bonds is 4. The van der Waals surface area contributed by atoms with Crippen molar-refractivity contribution >= 4 is 6.21 Å². The van der Waals surface area contributed by atoms with E-state index in [0.29, 0.717) is 5.69 Å². The Hall–Kier alpha value is -3.41. The van der Waals surface area contributed by atoms with E-state index in [1.807, 2.05) is 57.2 Å². The van der Waals surface area contributed by atoms with Crippen LogP contribution in [0.2, 0.25) is 0 Å². The Morgan fingerprint density at radius 1 is 1.07 bits per heavy atom. The number of benzene rings is 2. The highest BCUT2D eigenvalue weighted by molar-refractivity contribution is 5.82. The molecule has 0 aliphatic carbocycles. The van der Waals surface area contributed by atoms with Crippen molar-refractivity contribution in [3.63, 3.8) is 0 Å². The van der Waals surface area contributed by atoms with Gasteiger partial charge < -0.3 is 5.11 Å². The molecule has 6 nitrogen and oxygen atoms in total. The van der Waals surface area contributed by atoms with E-state index in [2.05, 4.69) is 9.98 Å². The second-order valence-corrected chi connectivity index (χ2v) is 6.54. The van der Waals surface area contributed by atoms with Crippen molar-refractivity contribution in [1.29, 1.82) is 0 Å². The van der Waals surface area contributed by atoms with Crippen molar-refractivity contribution in [3.8, 4) is 11.6 Å². The number of hydrogen-bond acceptors (Lipinski definition) is 4. The average Bonchev–Trinajstić information content (AvgIpc) is 2.61. The second kappa shape index (κ2) is 7.45. The molecule has 27 heavy (non-hydrogen) atoms. The molecular weight excluding hydrogens is 342 g/mol. The topological polar surface area (TPSA) is 87.4 Å². The molecule has 0 aliphatic rings. The molecule has 1 aromatic heterocycles. The molecule has 1 unspecified atom stereocenters. The first-order valence-electron chi connectivity index (χ1n) is 8.62. The van der Waals surface area contributed by atoms with Crippen LogP contribution < -0.4 is 11.2 Å². The van der Waals surface area contributed by atoms with Gasteiger partial charge in [-0.1, -0.05) is 36.4 Å². The van der Waals surface area contributed by atoms with E-state index in [1.54, 1.807) is 12.1 Å². The van der Waals surface area contributed by atoms with Gasteiger partial charge in [0.2, 0.25) is 5.88 Å². The van der Waals surface area contributed by atoms with Crippen molar-refractivity contribution in [2.75, 3.05) is 0 Å². The van der Waals surface area contributed by atoms with E-state index >= 15 is 0 Å². The Morgan fingerprint density at radius 3 is 2.33 bits per heavy atom. The van der Waals surface area contributed by atoms with E-state index in [4.69, 9.17) is 0 Å². The summed E-state index contributed by atoms with van der Waals surface area (Å²) in [5.41, 5.74) is 1.91. The predicted molar refractivity (Wildman–Crippen MR) is 106 cm³/mol. The Morgan fingerprint density at radius 2 is 1.70 bits per heavy atom. The first-order valence-corrected chi connectivity index (χ1v) is 8.62. The van der Waals surface area contributed by atoms with Crippen LogP contribution in [0.25, 0.3) is 5.69 Å². The van der Waals surface area contributed by atoms with Gasteiger partial charge in [-0.05, 0) is 49.6 Å². The molecule has 6 heteroatoms. The van der Waals surface area contributed by atoms with Gasteiger partial charge in [0.05, 0.1) is 11.7 Å². The highest BCUT2D eigenvalue weighted by atomic mass is 16.3. The van der Waals surface area contributed by atoms with Gasteiger partial charge in [0.25, 0.3) is 5.56 Å². The van der Waals surface area contributed by atoms with Gasteiger partial charge in [-0.3, -0.25) is 14.8 Å². The number of aryl methyl sites for hydroxylation is 2. The SMILES string of the molecule is Cc1cc(C)cc(-n2c(O)c(C=NC(C)c3ccccc3)c(=O)[nH]c2=O)c1. The maximum absolute atomic E-state index is 12.3. The minimum absolute atomic E-state index is 0.0588. The van der Waals surface area contributed by atoms with Crippen molar-refractivity contribution < 1.29 is 5.11 Å². The third-order valence-electron chi connectivity index (χ3n) is 4.29. The maximum Gasteiger partial charge on any atom is 0.335 e. The van der Waals surface area contributed by atoms with Crippen LogP contribution in [0.15, 0.2) is 63.1 Å². The molecule has 2 N–H and O–H groups in total. The molecule has 0 saturated heterocycles. The smallest absolute Gasteiger partial charge is 0.335 e. The van der Waals surface area contributed by atoms with Crippen LogP contribution in [0.4, 0.5) is 0 Å². The van der Waals surface area contributed by atoms with Gasteiger partial charge in [-0.25, -0.2) is 9.36 Å². The van der Waals surface area contributed by atoms with Crippen LogP contribution >= 0.6 is 0 Å². The molecule has 0 bridgehead atoms. The van der Waals surface area contributed by atoms with Crippen LogP contribution in [-0.4, -0.2) is 20.9 Å². The standard InChI is InChI=1S/C21H21N3O3/c1-13-9-14(2)11-17(10-13)24-20(26)18(19(25)23-21(24)27)12-22-15(3)16-7-5-4-6-8-16/h4-12,15,26H,1-3H3,(H,23,25,27). The molecule has 1 heterocycles. The summed E-state index contributed by atoms with van der Waals surface area (Å²) in [5, 5.41) is 10.6. The fraction of sp³-hybridized carbons (Fsp3) is 0.190. The quantitative estimate of drug-likeness (QED) is 0.699. The molecule has 1 atom stereocenters. The van der Waals surface area contributed by atoms with Crippen molar-refractivity contribution in [3.05, 3.63) is 91.6 Å². The minimum atomic E-state index is -0.698. The summed E-state index contributed by atoms with van der Waals surface area (Å²) in [6, 6.07) is 14.9.